The van der Waals surface area contributed by atoms with Crippen LogP contribution in [0, 0.1) is 0 Å². The first kappa shape index (κ1) is 14.6. The van der Waals surface area contributed by atoms with Gasteiger partial charge in [0, 0.05) is 35.1 Å². The van der Waals surface area contributed by atoms with Crippen LogP contribution >= 0.6 is 22.7 Å². The number of rotatable bonds is 3. The number of nitrogen functional groups attached to an aromatic ring is 1. The number of nitrogens with zero attached hydrogens (tertiary/aromatic N) is 3. The minimum Gasteiger partial charge on any atom is -0.378 e. The van der Waals surface area contributed by atoms with Gasteiger partial charge in [0.15, 0.2) is 5.13 Å². The molecular formula is C16H16N4OS2. The molecule has 2 aromatic heterocycles. The Bertz CT molecular complexity index is 791. The third-order valence-corrected chi connectivity index (χ3v) is 5.32. The van der Waals surface area contributed by atoms with Crippen LogP contribution in [0.3, 0.4) is 0 Å². The number of anilines is 2. The lowest BCUT2D eigenvalue weighted by Crippen LogP contribution is -2.36. The van der Waals surface area contributed by atoms with Gasteiger partial charge >= 0.3 is 0 Å². The summed E-state index contributed by atoms with van der Waals surface area (Å²) >= 11 is 3.03. The predicted molar refractivity (Wildman–Crippen MR) is 96.1 cm³/mol. The van der Waals surface area contributed by atoms with Crippen LogP contribution in [0.25, 0.3) is 22.0 Å². The van der Waals surface area contributed by atoms with E-state index >= 15 is 0 Å². The summed E-state index contributed by atoms with van der Waals surface area (Å²) in [6, 6.07) is 8.55. The van der Waals surface area contributed by atoms with Crippen molar-refractivity contribution in [2.24, 2.45) is 0 Å². The highest BCUT2D eigenvalue weighted by molar-refractivity contribution is 7.15. The maximum Gasteiger partial charge on any atom is 0.180 e. The van der Waals surface area contributed by atoms with E-state index in [1.54, 1.807) is 11.3 Å². The van der Waals surface area contributed by atoms with E-state index in [2.05, 4.69) is 44.5 Å². The van der Waals surface area contributed by atoms with Gasteiger partial charge in [0.25, 0.3) is 0 Å². The summed E-state index contributed by atoms with van der Waals surface area (Å²) in [4.78, 5) is 11.3. The average Bonchev–Trinajstić information content (AvgIpc) is 3.25. The van der Waals surface area contributed by atoms with Crippen LogP contribution in [-0.2, 0) is 4.74 Å². The Labute approximate surface area is 142 Å². The largest absolute Gasteiger partial charge is 0.378 e. The molecule has 2 N–H and O–H groups in total. The maximum atomic E-state index is 5.69. The SMILES string of the molecule is Nc1nc(-c2nc(-c3ccc(N4CCOCC4)cc3)cs2)cs1. The number of thiazole rings is 2. The van der Waals surface area contributed by atoms with E-state index in [9.17, 15) is 0 Å². The Morgan fingerprint density at radius 1 is 0.957 bits per heavy atom. The van der Waals surface area contributed by atoms with Gasteiger partial charge in [-0.1, -0.05) is 12.1 Å². The van der Waals surface area contributed by atoms with Crippen LogP contribution in [0.5, 0.6) is 0 Å². The molecule has 0 aliphatic carbocycles. The highest BCUT2D eigenvalue weighted by Gasteiger charge is 2.12. The molecule has 3 heterocycles. The highest BCUT2D eigenvalue weighted by atomic mass is 32.1. The van der Waals surface area contributed by atoms with Gasteiger partial charge in [-0.25, -0.2) is 9.97 Å². The fourth-order valence-corrected chi connectivity index (χ4v) is 3.99. The van der Waals surface area contributed by atoms with E-state index in [1.807, 2.05) is 5.38 Å². The first-order chi connectivity index (χ1) is 11.3. The number of nitrogens with two attached hydrogens (primary N) is 1. The zero-order valence-electron chi connectivity index (χ0n) is 12.4. The molecular weight excluding hydrogens is 328 g/mol. The highest BCUT2D eigenvalue weighted by Crippen LogP contribution is 2.31. The van der Waals surface area contributed by atoms with Crippen molar-refractivity contribution < 1.29 is 4.74 Å². The Hall–Kier alpha value is -1.96. The molecule has 118 valence electrons. The number of hydrogen-bond acceptors (Lipinski definition) is 7. The minimum absolute atomic E-state index is 0.576. The van der Waals surface area contributed by atoms with E-state index in [0.717, 1.165) is 48.3 Å². The van der Waals surface area contributed by atoms with Crippen molar-refractivity contribution in [2.45, 2.75) is 0 Å². The minimum atomic E-state index is 0.576. The summed E-state index contributed by atoms with van der Waals surface area (Å²) in [6.07, 6.45) is 0. The smallest absolute Gasteiger partial charge is 0.180 e. The summed E-state index contributed by atoms with van der Waals surface area (Å²) in [7, 11) is 0. The van der Waals surface area contributed by atoms with E-state index in [4.69, 9.17) is 10.5 Å². The Balaban J connectivity index is 1.55. The summed E-state index contributed by atoms with van der Waals surface area (Å²) < 4.78 is 5.40. The molecule has 1 aliphatic rings. The molecule has 1 aromatic carbocycles. The van der Waals surface area contributed by atoms with Crippen molar-refractivity contribution in [3.63, 3.8) is 0 Å². The first-order valence-corrected chi connectivity index (χ1v) is 9.15. The molecule has 0 atom stereocenters. The second kappa shape index (κ2) is 6.27. The van der Waals surface area contributed by atoms with Crippen molar-refractivity contribution in [1.82, 2.24) is 9.97 Å². The molecule has 0 amide bonds. The van der Waals surface area contributed by atoms with E-state index < -0.39 is 0 Å². The van der Waals surface area contributed by atoms with Crippen LogP contribution in [0.1, 0.15) is 0 Å². The lowest BCUT2D eigenvalue weighted by Gasteiger charge is -2.28. The zero-order valence-corrected chi connectivity index (χ0v) is 14.1. The number of hydrogen-bond donors (Lipinski definition) is 1. The number of ether oxygens (including phenoxy) is 1. The molecule has 3 aromatic rings. The molecule has 5 nitrogen and oxygen atoms in total. The van der Waals surface area contributed by atoms with Gasteiger partial charge < -0.3 is 15.4 Å². The van der Waals surface area contributed by atoms with Gasteiger partial charge in [-0.05, 0) is 12.1 Å². The number of aromatic nitrogens is 2. The van der Waals surface area contributed by atoms with Crippen molar-refractivity contribution in [2.75, 3.05) is 36.9 Å². The van der Waals surface area contributed by atoms with Crippen molar-refractivity contribution in [3.05, 3.63) is 35.0 Å². The Morgan fingerprint density at radius 2 is 1.70 bits per heavy atom. The molecule has 1 saturated heterocycles. The maximum absolute atomic E-state index is 5.69. The molecule has 0 unspecified atom stereocenters. The predicted octanol–water partition coefficient (Wildman–Crippen LogP) is 3.35. The summed E-state index contributed by atoms with van der Waals surface area (Å²) in [5.74, 6) is 0. The second-order valence-corrected chi connectivity index (χ2v) is 7.00. The summed E-state index contributed by atoms with van der Waals surface area (Å²) in [5.41, 5.74) is 9.88. The molecule has 0 bridgehead atoms. The van der Waals surface area contributed by atoms with Crippen LogP contribution in [0.15, 0.2) is 35.0 Å². The number of morpholine rings is 1. The molecule has 0 saturated carbocycles. The second-order valence-electron chi connectivity index (χ2n) is 5.26. The van der Waals surface area contributed by atoms with E-state index in [0.29, 0.717) is 5.13 Å². The zero-order chi connectivity index (χ0) is 15.6. The molecule has 23 heavy (non-hydrogen) atoms. The van der Waals surface area contributed by atoms with Gasteiger partial charge in [0.2, 0.25) is 0 Å². The normalized spacial score (nSPS) is 15.0. The monoisotopic (exact) mass is 344 g/mol. The van der Waals surface area contributed by atoms with Crippen molar-refractivity contribution >= 4 is 33.5 Å². The third kappa shape index (κ3) is 3.08. The summed E-state index contributed by atoms with van der Waals surface area (Å²) in [5, 5.41) is 5.49. The molecule has 1 fully saturated rings. The fraction of sp³-hybridized carbons (Fsp3) is 0.250. The van der Waals surface area contributed by atoms with Crippen LogP contribution in [0.2, 0.25) is 0 Å². The average molecular weight is 344 g/mol. The first-order valence-electron chi connectivity index (χ1n) is 7.39. The van der Waals surface area contributed by atoms with Gasteiger partial charge in [-0.15, -0.1) is 22.7 Å². The standard InChI is InChI=1S/C16H16N4OS2/c17-16-19-14(10-23-16)15-18-13(9-22-15)11-1-3-12(4-2-11)20-5-7-21-8-6-20/h1-4,9-10H,5-8H2,(H2,17,19). The molecule has 4 rings (SSSR count). The molecule has 7 heteroatoms. The van der Waals surface area contributed by atoms with E-state index in [1.165, 1.54) is 17.0 Å². The van der Waals surface area contributed by atoms with E-state index in [-0.39, 0.29) is 0 Å². The molecule has 0 spiro atoms. The Morgan fingerprint density at radius 3 is 2.39 bits per heavy atom. The van der Waals surface area contributed by atoms with Gasteiger partial charge in [-0.3, -0.25) is 0 Å². The Kier molecular flexibility index (Phi) is 3.99. The van der Waals surface area contributed by atoms with Crippen molar-refractivity contribution in [3.8, 4) is 22.0 Å². The van der Waals surface area contributed by atoms with Crippen LogP contribution in [-0.4, -0.2) is 36.3 Å². The van der Waals surface area contributed by atoms with Crippen LogP contribution < -0.4 is 10.6 Å². The molecule has 1 aliphatic heterocycles. The van der Waals surface area contributed by atoms with Gasteiger partial charge in [0.05, 0.1) is 18.9 Å². The quantitative estimate of drug-likeness (QED) is 0.789. The molecule has 0 radical (unpaired) electrons. The lowest BCUT2D eigenvalue weighted by molar-refractivity contribution is 0.122. The lowest BCUT2D eigenvalue weighted by atomic mass is 10.1. The van der Waals surface area contributed by atoms with Gasteiger partial charge in [0.1, 0.15) is 10.7 Å². The number of benzene rings is 1. The van der Waals surface area contributed by atoms with Crippen LogP contribution in [0.4, 0.5) is 10.8 Å². The fourth-order valence-electron chi connectivity index (χ4n) is 2.57. The van der Waals surface area contributed by atoms with Crippen molar-refractivity contribution in [1.29, 1.82) is 0 Å². The summed E-state index contributed by atoms with van der Waals surface area (Å²) in [6.45, 7) is 3.50. The topological polar surface area (TPSA) is 64.3 Å². The van der Waals surface area contributed by atoms with Gasteiger partial charge in [-0.2, -0.15) is 0 Å². The third-order valence-electron chi connectivity index (χ3n) is 3.78.